The third kappa shape index (κ3) is 2.93. The van der Waals surface area contributed by atoms with Crippen LogP contribution in [0.4, 0.5) is 4.39 Å². The van der Waals surface area contributed by atoms with Crippen LogP contribution in [0.5, 0.6) is 5.75 Å². The number of aromatic nitrogens is 1. The van der Waals surface area contributed by atoms with E-state index in [2.05, 4.69) is 4.98 Å². The van der Waals surface area contributed by atoms with E-state index in [0.717, 1.165) is 0 Å². The fraction of sp³-hybridized carbons (Fsp3) is 0.0714. The standard InChI is InChI=1S/C14H9FN2O2/c15-13-3-1-2-11(8-18)14(13)19-9-10-4-5-17-12(6-10)7-16/h1-6,8H,9H2. The van der Waals surface area contributed by atoms with Crippen LogP contribution in [0.1, 0.15) is 21.6 Å². The average Bonchev–Trinajstić information content (AvgIpc) is 2.46. The lowest BCUT2D eigenvalue weighted by Gasteiger charge is -2.09. The molecule has 0 amide bonds. The molecule has 0 saturated heterocycles. The monoisotopic (exact) mass is 256 g/mol. The zero-order valence-corrected chi connectivity index (χ0v) is 9.84. The van der Waals surface area contributed by atoms with Crippen LogP contribution in [-0.2, 0) is 6.61 Å². The maximum Gasteiger partial charge on any atom is 0.165 e. The number of rotatable bonds is 4. The molecular weight excluding hydrogens is 247 g/mol. The van der Waals surface area contributed by atoms with Gasteiger partial charge in [0.25, 0.3) is 0 Å². The molecule has 2 rings (SSSR count). The van der Waals surface area contributed by atoms with Crippen molar-refractivity contribution in [2.45, 2.75) is 6.61 Å². The van der Waals surface area contributed by atoms with E-state index in [1.54, 1.807) is 12.1 Å². The Morgan fingerprint density at radius 3 is 3.00 bits per heavy atom. The van der Waals surface area contributed by atoms with E-state index in [1.165, 1.54) is 24.4 Å². The van der Waals surface area contributed by atoms with Crippen LogP contribution in [0.15, 0.2) is 36.5 Å². The van der Waals surface area contributed by atoms with Crippen molar-refractivity contribution in [1.29, 1.82) is 5.26 Å². The number of pyridine rings is 1. The Morgan fingerprint density at radius 2 is 2.26 bits per heavy atom. The lowest BCUT2D eigenvalue weighted by molar-refractivity contribution is 0.111. The van der Waals surface area contributed by atoms with E-state index < -0.39 is 5.82 Å². The Labute approximate surface area is 109 Å². The highest BCUT2D eigenvalue weighted by Crippen LogP contribution is 2.22. The first-order valence-electron chi connectivity index (χ1n) is 5.46. The van der Waals surface area contributed by atoms with Gasteiger partial charge in [-0.25, -0.2) is 9.37 Å². The van der Waals surface area contributed by atoms with E-state index in [4.69, 9.17) is 10.00 Å². The van der Waals surface area contributed by atoms with E-state index in [1.807, 2.05) is 6.07 Å². The zero-order chi connectivity index (χ0) is 13.7. The van der Waals surface area contributed by atoms with E-state index in [-0.39, 0.29) is 23.6 Å². The van der Waals surface area contributed by atoms with Gasteiger partial charge in [0.1, 0.15) is 18.4 Å². The fourth-order valence-electron chi connectivity index (χ4n) is 1.55. The van der Waals surface area contributed by atoms with E-state index in [0.29, 0.717) is 11.8 Å². The topological polar surface area (TPSA) is 63.0 Å². The molecule has 0 N–H and O–H groups in total. The van der Waals surface area contributed by atoms with Gasteiger partial charge in [0.2, 0.25) is 0 Å². The molecule has 0 saturated carbocycles. The van der Waals surface area contributed by atoms with Crippen molar-refractivity contribution in [2.75, 3.05) is 0 Å². The molecule has 0 aliphatic heterocycles. The maximum atomic E-state index is 13.5. The van der Waals surface area contributed by atoms with Gasteiger partial charge >= 0.3 is 0 Å². The minimum Gasteiger partial charge on any atom is -0.485 e. The summed E-state index contributed by atoms with van der Waals surface area (Å²) in [5, 5.41) is 8.71. The smallest absolute Gasteiger partial charge is 0.165 e. The van der Waals surface area contributed by atoms with Gasteiger partial charge in [-0.05, 0) is 29.8 Å². The number of ether oxygens (including phenoxy) is 1. The summed E-state index contributed by atoms with van der Waals surface area (Å²) in [6, 6.07) is 9.23. The summed E-state index contributed by atoms with van der Waals surface area (Å²) in [6.45, 7) is 0.0545. The second-order valence-corrected chi connectivity index (χ2v) is 3.73. The Bertz CT molecular complexity index is 650. The third-order valence-corrected chi connectivity index (χ3v) is 2.45. The lowest BCUT2D eigenvalue weighted by Crippen LogP contribution is -2.01. The second-order valence-electron chi connectivity index (χ2n) is 3.73. The van der Waals surface area contributed by atoms with Crippen molar-refractivity contribution >= 4 is 6.29 Å². The highest BCUT2D eigenvalue weighted by molar-refractivity contribution is 5.79. The maximum absolute atomic E-state index is 13.5. The summed E-state index contributed by atoms with van der Waals surface area (Å²) in [6.07, 6.45) is 2.00. The molecule has 0 fully saturated rings. The van der Waals surface area contributed by atoms with Gasteiger partial charge in [-0.2, -0.15) is 5.26 Å². The fourth-order valence-corrected chi connectivity index (χ4v) is 1.55. The zero-order valence-electron chi connectivity index (χ0n) is 9.84. The highest BCUT2D eigenvalue weighted by atomic mass is 19.1. The molecular formula is C14H9FN2O2. The molecule has 0 radical (unpaired) electrons. The minimum atomic E-state index is -0.598. The number of halogens is 1. The van der Waals surface area contributed by atoms with E-state index >= 15 is 0 Å². The number of nitriles is 1. The van der Waals surface area contributed by atoms with Crippen molar-refractivity contribution in [3.8, 4) is 11.8 Å². The van der Waals surface area contributed by atoms with Crippen molar-refractivity contribution in [2.24, 2.45) is 0 Å². The van der Waals surface area contributed by atoms with Gasteiger partial charge in [-0.15, -0.1) is 0 Å². The normalized spacial score (nSPS) is 9.68. The number of nitrogens with zero attached hydrogens (tertiary/aromatic N) is 2. The first kappa shape index (κ1) is 12.7. The molecule has 0 unspecified atom stereocenters. The Kier molecular flexibility index (Phi) is 3.84. The van der Waals surface area contributed by atoms with Crippen LogP contribution in [0, 0.1) is 17.1 Å². The largest absolute Gasteiger partial charge is 0.485 e. The van der Waals surface area contributed by atoms with Gasteiger partial charge in [-0.1, -0.05) is 6.07 Å². The third-order valence-electron chi connectivity index (χ3n) is 2.45. The van der Waals surface area contributed by atoms with Crippen molar-refractivity contribution in [1.82, 2.24) is 4.98 Å². The SMILES string of the molecule is N#Cc1cc(COc2c(F)cccc2C=O)ccn1. The summed E-state index contributed by atoms with van der Waals surface area (Å²) in [4.78, 5) is 14.6. The van der Waals surface area contributed by atoms with Crippen LogP contribution in [0.3, 0.4) is 0 Å². The minimum absolute atomic E-state index is 0.0545. The first-order valence-corrected chi connectivity index (χ1v) is 5.46. The first-order chi connectivity index (χ1) is 9.24. The molecule has 0 aliphatic rings. The van der Waals surface area contributed by atoms with Gasteiger partial charge < -0.3 is 4.74 Å². The molecule has 1 aromatic heterocycles. The van der Waals surface area contributed by atoms with Crippen LogP contribution >= 0.6 is 0 Å². The van der Waals surface area contributed by atoms with Crippen molar-refractivity contribution in [3.05, 3.63) is 59.2 Å². The van der Waals surface area contributed by atoms with Gasteiger partial charge in [0.15, 0.2) is 17.9 Å². The molecule has 94 valence electrons. The molecule has 1 heterocycles. The van der Waals surface area contributed by atoms with Crippen molar-refractivity contribution in [3.63, 3.8) is 0 Å². The lowest BCUT2D eigenvalue weighted by atomic mass is 10.2. The second kappa shape index (κ2) is 5.74. The summed E-state index contributed by atoms with van der Waals surface area (Å²) in [5.74, 6) is -0.688. The van der Waals surface area contributed by atoms with Crippen LogP contribution in [-0.4, -0.2) is 11.3 Å². The number of benzene rings is 1. The van der Waals surface area contributed by atoms with Gasteiger partial charge in [0, 0.05) is 6.20 Å². The number of carbonyl (C=O) groups excluding carboxylic acids is 1. The number of aldehydes is 1. The Hall–Kier alpha value is -2.74. The molecule has 0 aliphatic carbocycles. The van der Waals surface area contributed by atoms with Crippen LogP contribution in [0.2, 0.25) is 0 Å². The molecule has 1 aromatic carbocycles. The Balaban J connectivity index is 2.19. The number of hydrogen-bond donors (Lipinski definition) is 0. The molecule has 2 aromatic rings. The number of hydrogen-bond acceptors (Lipinski definition) is 4. The van der Waals surface area contributed by atoms with E-state index in [9.17, 15) is 9.18 Å². The number of para-hydroxylation sites is 1. The van der Waals surface area contributed by atoms with Crippen molar-refractivity contribution < 1.29 is 13.9 Å². The highest BCUT2D eigenvalue weighted by Gasteiger charge is 2.09. The molecule has 5 heteroatoms. The predicted octanol–water partition coefficient (Wildman–Crippen LogP) is 2.48. The summed E-state index contributed by atoms with van der Waals surface area (Å²) in [5.41, 5.74) is 1.08. The summed E-state index contributed by atoms with van der Waals surface area (Å²) < 4.78 is 18.8. The molecule has 4 nitrogen and oxygen atoms in total. The predicted molar refractivity (Wildman–Crippen MR) is 65.1 cm³/mol. The average molecular weight is 256 g/mol. The number of carbonyl (C=O) groups is 1. The summed E-state index contributed by atoms with van der Waals surface area (Å²) in [7, 11) is 0. The van der Waals surface area contributed by atoms with Crippen LogP contribution in [0.25, 0.3) is 0 Å². The van der Waals surface area contributed by atoms with Crippen LogP contribution < -0.4 is 4.74 Å². The quantitative estimate of drug-likeness (QED) is 0.788. The van der Waals surface area contributed by atoms with Gasteiger partial charge in [0.05, 0.1) is 5.56 Å². The summed E-state index contributed by atoms with van der Waals surface area (Å²) >= 11 is 0. The molecule has 0 bridgehead atoms. The molecule has 19 heavy (non-hydrogen) atoms. The molecule has 0 spiro atoms. The Morgan fingerprint density at radius 1 is 1.42 bits per heavy atom. The van der Waals surface area contributed by atoms with Gasteiger partial charge in [-0.3, -0.25) is 4.79 Å². The molecule has 0 atom stereocenters.